The number of hydrogen-bond acceptors (Lipinski definition) is 2. The van der Waals surface area contributed by atoms with Crippen LogP contribution in [0.1, 0.15) is 54.4 Å². The lowest BCUT2D eigenvalue weighted by Crippen LogP contribution is -2.40. The zero-order valence-electron chi connectivity index (χ0n) is 11.8. The molecule has 0 unspecified atom stereocenters. The van der Waals surface area contributed by atoms with Gasteiger partial charge in [-0.3, -0.25) is 4.79 Å². The standard InChI is InChI=1S/C17H21NO2/c19-17(13-5-8-16-12(11-13)9-10-20-16)18(15-6-7-15)14-3-1-2-4-14/h5,8,11,14-15H,1-4,6-7,9-10H2. The number of carbonyl (C=O) groups excluding carboxylic acids is 1. The van der Waals surface area contributed by atoms with Gasteiger partial charge in [0.2, 0.25) is 0 Å². The molecular formula is C17H21NO2. The van der Waals surface area contributed by atoms with E-state index in [9.17, 15) is 4.79 Å². The van der Waals surface area contributed by atoms with Crippen LogP contribution in [-0.2, 0) is 6.42 Å². The van der Waals surface area contributed by atoms with Crippen molar-refractivity contribution in [3.8, 4) is 5.75 Å². The van der Waals surface area contributed by atoms with Gasteiger partial charge in [0.25, 0.3) is 5.91 Å². The molecule has 0 atom stereocenters. The second-order valence-corrected chi connectivity index (χ2v) is 6.30. The van der Waals surface area contributed by atoms with E-state index >= 15 is 0 Å². The predicted molar refractivity (Wildman–Crippen MR) is 77.1 cm³/mol. The molecule has 0 aromatic heterocycles. The fourth-order valence-electron chi connectivity index (χ4n) is 3.63. The number of nitrogens with zero attached hydrogens (tertiary/aromatic N) is 1. The van der Waals surface area contributed by atoms with Crippen LogP contribution >= 0.6 is 0 Å². The summed E-state index contributed by atoms with van der Waals surface area (Å²) in [4.78, 5) is 15.1. The van der Waals surface area contributed by atoms with E-state index in [1.807, 2.05) is 12.1 Å². The van der Waals surface area contributed by atoms with Crippen molar-refractivity contribution in [3.63, 3.8) is 0 Å². The van der Waals surface area contributed by atoms with Crippen molar-refractivity contribution in [2.24, 2.45) is 0 Å². The van der Waals surface area contributed by atoms with Gasteiger partial charge in [-0.2, -0.15) is 0 Å². The monoisotopic (exact) mass is 271 g/mol. The van der Waals surface area contributed by atoms with Crippen molar-refractivity contribution < 1.29 is 9.53 Å². The Morgan fingerprint density at radius 2 is 1.85 bits per heavy atom. The van der Waals surface area contributed by atoms with Crippen LogP contribution in [0.4, 0.5) is 0 Å². The second kappa shape index (κ2) is 4.80. The van der Waals surface area contributed by atoms with Crippen molar-refractivity contribution in [1.29, 1.82) is 0 Å². The molecule has 1 aromatic carbocycles. The summed E-state index contributed by atoms with van der Waals surface area (Å²) in [5.41, 5.74) is 2.05. The fraction of sp³-hybridized carbons (Fsp3) is 0.588. The summed E-state index contributed by atoms with van der Waals surface area (Å²) in [5, 5.41) is 0. The lowest BCUT2D eigenvalue weighted by atomic mass is 10.1. The van der Waals surface area contributed by atoms with E-state index in [2.05, 4.69) is 11.0 Å². The number of rotatable bonds is 3. The summed E-state index contributed by atoms with van der Waals surface area (Å²) >= 11 is 0. The molecule has 0 bridgehead atoms. The number of carbonyl (C=O) groups is 1. The van der Waals surface area contributed by atoms with Gasteiger partial charge in [-0.25, -0.2) is 0 Å². The fourth-order valence-corrected chi connectivity index (χ4v) is 3.63. The summed E-state index contributed by atoms with van der Waals surface area (Å²) in [6.45, 7) is 0.752. The maximum atomic E-state index is 12.9. The summed E-state index contributed by atoms with van der Waals surface area (Å²) in [7, 11) is 0. The van der Waals surface area contributed by atoms with Crippen LogP contribution in [0.3, 0.4) is 0 Å². The van der Waals surface area contributed by atoms with Crippen molar-refractivity contribution in [2.75, 3.05) is 6.61 Å². The predicted octanol–water partition coefficient (Wildman–Crippen LogP) is 3.17. The first-order chi connectivity index (χ1) is 9.83. The van der Waals surface area contributed by atoms with Gasteiger partial charge in [0, 0.05) is 24.1 Å². The first kappa shape index (κ1) is 12.2. The number of benzene rings is 1. The molecule has 106 valence electrons. The molecular weight excluding hydrogens is 250 g/mol. The molecule has 0 N–H and O–H groups in total. The van der Waals surface area contributed by atoms with Crippen molar-refractivity contribution in [1.82, 2.24) is 4.90 Å². The maximum absolute atomic E-state index is 12.9. The molecule has 1 amide bonds. The average molecular weight is 271 g/mol. The number of fused-ring (bicyclic) bond motifs is 1. The smallest absolute Gasteiger partial charge is 0.254 e. The lowest BCUT2D eigenvalue weighted by Gasteiger charge is -2.29. The highest BCUT2D eigenvalue weighted by atomic mass is 16.5. The van der Waals surface area contributed by atoms with Crippen LogP contribution < -0.4 is 4.74 Å². The highest BCUT2D eigenvalue weighted by Gasteiger charge is 2.38. The van der Waals surface area contributed by atoms with Gasteiger partial charge in [-0.15, -0.1) is 0 Å². The van der Waals surface area contributed by atoms with E-state index in [-0.39, 0.29) is 5.91 Å². The molecule has 0 spiro atoms. The highest BCUT2D eigenvalue weighted by molar-refractivity contribution is 5.95. The zero-order valence-corrected chi connectivity index (χ0v) is 11.8. The second-order valence-electron chi connectivity index (χ2n) is 6.30. The Morgan fingerprint density at radius 1 is 1.10 bits per heavy atom. The van der Waals surface area contributed by atoms with Gasteiger partial charge in [0.15, 0.2) is 0 Å². The average Bonchev–Trinajstić information content (AvgIpc) is 2.97. The maximum Gasteiger partial charge on any atom is 0.254 e. The normalized spacial score (nSPS) is 21.6. The first-order valence-electron chi connectivity index (χ1n) is 7.91. The summed E-state index contributed by atoms with van der Waals surface area (Å²) in [6.07, 6.45) is 8.25. The number of ether oxygens (including phenoxy) is 1. The van der Waals surface area contributed by atoms with E-state index in [1.54, 1.807) is 0 Å². The summed E-state index contributed by atoms with van der Waals surface area (Å²) in [5.74, 6) is 1.20. The molecule has 3 heteroatoms. The molecule has 4 rings (SSSR count). The van der Waals surface area contributed by atoms with Crippen molar-refractivity contribution in [2.45, 2.75) is 57.0 Å². The molecule has 1 aliphatic heterocycles. The number of amides is 1. The van der Waals surface area contributed by atoms with Crippen LogP contribution in [-0.4, -0.2) is 29.5 Å². The van der Waals surface area contributed by atoms with E-state index in [0.717, 1.165) is 24.3 Å². The molecule has 0 saturated heterocycles. The molecule has 3 nitrogen and oxygen atoms in total. The molecule has 2 fully saturated rings. The van der Waals surface area contributed by atoms with Crippen molar-refractivity contribution >= 4 is 5.91 Å². The quantitative estimate of drug-likeness (QED) is 0.845. The van der Waals surface area contributed by atoms with Crippen LogP contribution in [0.15, 0.2) is 18.2 Å². The topological polar surface area (TPSA) is 29.5 Å². The zero-order chi connectivity index (χ0) is 13.5. The van der Waals surface area contributed by atoms with Gasteiger partial charge in [0.05, 0.1) is 6.61 Å². The van der Waals surface area contributed by atoms with Crippen LogP contribution in [0.25, 0.3) is 0 Å². The molecule has 1 heterocycles. The van der Waals surface area contributed by atoms with Gasteiger partial charge < -0.3 is 9.64 Å². The Hall–Kier alpha value is -1.51. The van der Waals surface area contributed by atoms with Gasteiger partial charge in [0.1, 0.15) is 5.75 Å². The van der Waals surface area contributed by atoms with E-state index in [4.69, 9.17) is 4.74 Å². The lowest BCUT2D eigenvalue weighted by molar-refractivity contribution is 0.0664. The highest BCUT2D eigenvalue weighted by Crippen LogP contribution is 2.36. The molecule has 0 radical (unpaired) electrons. The molecule has 2 aliphatic carbocycles. The van der Waals surface area contributed by atoms with Crippen LogP contribution in [0.5, 0.6) is 5.75 Å². The van der Waals surface area contributed by atoms with Gasteiger partial charge in [-0.1, -0.05) is 12.8 Å². The largest absolute Gasteiger partial charge is 0.493 e. The Morgan fingerprint density at radius 3 is 2.60 bits per heavy atom. The third-order valence-electron chi connectivity index (χ3n) is 4.83. The third-order valence-corrected chi connectivity index (χ3v) is 4.83. The minimum atomic E-state index is 0.245. The summed E-state index contributed by atoms with van der Waals surface area (Å²) < 4.78 is 5.53. The Labute approximate surface area is 119 Å². The Kier molecular flexibility index (Phi) is 2.94. The van der Waals surface area contributed by atoms with Crippen LogP contribution in [0, 0.1) is 0 Å². The molecule has 3 aliphatic rings. The molecule has 1 aromatic rings. The van der Waals surface area contributed by atoms with Gasteiger partial charge >= 0.3 is 0 Å². The third kappa shape index (κ3) is 2.09. The van der Waals surface area contributed by atoms with Crippen LogP contribution in [0.2, 0.25) is 0 Å². The minimum Gasteiger partial charge on any atom is -0.493 e. The number of hydrogen-bond donors (Lipinski definition) is 0. The van der Waals surface area contributed by atoms with Crippen molar-refractivity contribution in [3.05, 3.63) is 29.3 Å². The molecule has 20 heavy (non-hydrogen) atoms. The van der Waals surface area contributed by atoms with E-state index in [0.29, 0.717) is 12.1 Å². The molecule has 2 saturated carbocycles. The Bertz CT molecular complexity index is 530. The minimum absolute atomic E-state index is 0.245. The SMILES string of the molecule is O=C(c1ccc2c(c1)CCO2)N(C1CCCC1)C1CC1. The summed E-state index contributed by atoms with van der Waals surface area (Å²) in [6, 6.07) is 6.95. The van der Waals surface area contributed by atoms with Gasteiger partial charge in [-0.05, 0) is 49.4 Å². The first-order valence-corrected chi connectivity index (χ1v) is 7.91. The van der Waals surface area contributed by atoms with E-state index < -0.39 is 0 Å². The van der Waals surface area contributed by atoms with E-state index in [1.165, 1.54) is 44.1 Å². The Balaban J connectivity index is 1.61.